The van der Waals surface area contributed by atoms with Crippen molar-refractivity contribution in [2.45, 2.75) is 19.9 Å². The van der Waals surface area contributed by atoms with E-state index in [0.717, 1.165) is 36.2 Å². The van der Waals surface area contributed by atoms with Crippen LogP contribution in [-0.4, -0.2) is 11.7 Å². The van der Waals surface area contributed by atoms with Gasteiger partial charge in [-0.1, -0.05) is 11.2 Å². The average molecular weight is 188 g/mol. The van der Waals surface area contributed by atoms with Gasteiger partial charge in [-0.15, -0.1) is 0 Å². The van der Waals surface area contributed by atoms with E-state index in [9.17, 15) is 0 Å². The van der Waals surface area contributed by atoms with Crippen molar-refractivity contribution in [3.05, 3.63) is 29.0 Å². The number of aromatic nitrogens is 1. The van der Waals surface area contributed by atoms with Gasteiger partial charge in [-0.3, -0.25) is 0 Å². The first-order valence-corrected chi connectivity index (χ1v) is 4.94. The molecule has 0 fully saturated rings. The number of benzene rings is 1. The summed E-state index contributed by atoms with van der Waals surface area (Å²) in [4.78, 5) is 0. The third-order valence-corrected chi connectivity index (χ3v) is 2.89. The Morgan fingerprint density at radius 3 is 3.29 bits per heavy atom. The highest BCUT2D eigenvalue weighted by Crippen LogP contribution is 2.26. The molecule has 2 heterocycles. The normalized spacial score (nSPS) is 15.8. The molecule has 0 saturated heterocycles. The molecule has 0 unspecified atom stereocenters. The fourth-order valence-corrected chi connectivity index (χ4v) is 2.09. The molecule has 1 aliphatic heterocycles. The highest BCUT2D eigenvalue weighted by atomic mass is 16.5. The zero-order valence-electron chi connectivity index (χ0n) is 8.13. The molecule has 1 aliphatic rings. The lowest BCUT2D eigenvalue weighted by atomic mass is 9.98. The van der Waals surface area contributed by atoms with Crippen LogP contribution in [0.5, 0.6) is 0 Å². The molecule has 0 spiro atoms. The van der Waals surface area contributed by atoms with E-state index in [4.69, 9.17) is 4.52 Å². The van der Waals surface area contributed by atoms with Gasteiger partial charge in [0.15, 0.2) is 5.58 Å². The van der Waals surface area contributed by atoms with E-state index in [1.54, 1.807) is 0 Å². The van der Waals surface area contributed by atoms with Crippen LogP contribution in [0.25, 0.3) is 11.0 Å². The number of hydrogen-bond acceptors (Lipinski definition) is 3. The number of rotatable bonds is 0. The zero-order chi connectivity index (χ0) is 9.54. The van der Waals surface area contributed by atoms with Crippen molar-refractivity contribution in [3.8, 4) is 0 Å². The molecule has 1 N–H and O–H groups in total. The fraction of sp³-hybridized carbons (Fsp3) is 0.364. The van der Waals surface area contributed by atoms with Gasteiger partial charge >= 0.3 is 0 Å². The van der Waals surface area contributed by atoms with E-state index < -0.39 is 0 Å². The van der Waals surface area contributed by atoms with Crippen LogP contribution >= 0.6 is 0 Å². The molecule has 1 aromatic heterocycles. The molecule has 0 radical (unpaired) electrons. The van der Waals surface area contributed by atoms with Crippen LogP contribution in [0.4, 0.5) is 0 Å². The summed E-state index contributed by atoms with van der Waals surface area (Å²) in [6.45, 7) is 3.95. The van der Waals surface area contributed by atoms with Gasteiger partial charge in [0.2, 0.25) is 0 Å². The van der Waals surface area contributed by atoms with Gasteiger partial charge in [-0.2, -0.15) is 0 Å². The van der Waals surface area contributed by atoms with Gasteiger partial charge in [0, 0.05) is 17.5 Å². The number of aryl methyl sites for hydroxylation is 1. The molecule has 0 saturated carbocycles. The van der Waals surface area contributed by atoms with E-state index in [1.807, 2.05) is 6.92 Å². The molecule has 72 valence electrons. The van der Waals surface area contributed by atoms with Crippen molar-refractivity contribution in [1.29, 1.82) is 0 Å². The Morgan fingerprint density at radius 2 is 2.36 bits per heavy atom. The highest BCUT2D eigenvalue weighted by molar-refractivity contribution is 5.83. The highest BCUT2D eigenvalue weighted by Gasteiger charge is 2.15. The summed E-state index contributed by atoms with van der Waals surface area (Å²) in [5.74, 6) is 0. The number of hydrogen-bond donors (Lipinski definition) is 1. The summed E-state index contributed by atoms with van der Waals surface area (Å²) < 4.78 is 5.36. The lowest BCUT2D eigenvalue weighted by Gasteiger charge is -2.16. The van der Waals surface area contributed by atoms with Gasteiger partial charge in [0.05, 0.1) is 5.69 Å². The summed E-state index contributed by atoms with van der Waals surface area (Å²) in [6, 6.07) is 4.31. The second-order valence-corrected chi connectivity index (χ2v) is 3.77. The molecule has 0 amide bonds. The Hall–Kier alpha value is -1.35. The van der Waals surface area contributed by atoms with Crippen LogP contribution in [0.2, 0.25) is 0 Å². The Kier molecular flexibility index (Phi) is 1.61. The van der Waals surface area contributed by atoms with Crippen molar-refractivity contribution < 1.29 is 4.52 Å². The third kappa shape index (κ3) is 0.990. The maximum absolute atomic E-state index is 5.36. The zero-order valence-corrected chi connectivity index (χ0v) is 8.13. The molecular formula is C11H12N2O. The largest absolute Gasteiger partial charge is 0.356 e. The van der Waals surface area contributed by atoms with Crippen LogP contribution in [-0.2, 0) is 13.0 Å². The van der Waals surface area contributed by atoms with Gasteiger partial charge in [-0.05, 0) is 31.5 Å². The summed E-state index contributed by atoms with van der Waals surface area (Å²) in [7, 11) is 0. The Bertz CT molecular complexity index is 487. The maximum Gasteiger partial charge on any atom is 0.171 e. The first-order valence-electron chi connectivity index (χ1n) is 4.94. The van der Waals surface area contributed by atoms with Crippen LogP contribution in [0.15, 0.2) is 16.7 Å². The lowest BCUT2D eigenvalue weighted by molar-refractivity contribution is 0.445. The predicted octanol–water partition coefficient (Wildman–Crippen LogP) is 1.78. The minimum absolute atomic E-state index is 0.904. The minimum atomic E-state index is 0.904. The average Bonchev–Trinajstić information content (AvgIpc) is 2.61. The Balaban J connectivity index is 2.35. The summed E-state index contributed by atoms with van der Waals surface area (Å²) in [5.41, 5.74) is 4.63. The monoisotopic (exact) mass is 188 g/mol. The molecule has 3 rings (SSSR count). The van der Waals surface area contributed by atoms with Crippen LogP contribution < -0.4 is 5.32 Å². The lowest BCUT2D eigenvalue weighted by Crippen LogP contribution is -2.23. The second-order valence-electron chi connectivity index (χ2n) is 3.77. The molecule has 0 bridgehead atoms. The quantitative estimate of drug-likeness (QED) is 0.684. The molecular weight excluding hydrogens is 176 g/mol. The van der Waals surface area contributed by atoms with Crippen molar-refractivity contribution in [2.24, 2.45) is 0 Å². The molecule has 2 aromatic rings. The number of nitrogens with zero attached hydrogens (tertiary/aromatic N) is 1. The Labute approximate surface area is 82.1 Å². The Morgan fingerprint density at radius 1 is 1.43 bits per heavy atom. The van der Waals surface area contributed by atoms with Crippen molar-refractivity contribution in [2.75, 3.05) is 6.54 Å². The van der Waals surface area contributed by atoms with Crippen molar-refractivity contribution in [1.82, 2.24) is 10.5 Å². The smallest absolute Gasteiger partial charge is 0.171 e. The van der Waals surface area contributed by atoms with Crippen LogP contribution in [0.3, 0.4) is 0 Å². The topological polar surface area (TPSA) is 38.1 Å². The van der Waals surface area contributed by atoms with Crippen LogP contribution in [0.1, 0.15) is 16.8 Å². The van der Waals surface area contributed by atoms with Crippen LogP contribution in [0, 0.1) is 6.92 Å². The maximum atomic E-state index is 5.36. The van der Waals surface area contributed by atoms with E-state index >= 15 is 0 Å². The number of nitrogens with one attached hydrogen (secondary N) is 1. The predicted molar refractivity (Wildman–Crippen MR) is 54.2 cm³/mol. The second kappa shape index (κ2) is 2.82. The number of fused-ring (bicyclic) bond motifs is 3. The summed E-state index contributed by atoms with van der Waals surface area (Å²) in [5, 5.41) is 8.50. The van der Waals surface area contributed by atoms with Gasteiger partial charge in [-0.25, -0.2) is 0 Å². The summed E-state index contributed by atoms with van der Waals surface area (Å²) >= 11 is 0. The molecule has 14 heavy (non-hydrogen) atoms. The van der Waals surface area contributed by atoms with E-state index in [0.29, 0.717) is 0 Å². The summed E-state index contributed by atoms with van der Waals surface area (Å²) in [6.07, 6.45) is 1.09. The molecule has 3 nitrogen and oxygen atoms in total. The first kappa shape index (κ1) is 8.00. The van der Waals surface area contributed by atoms with Crippen molar-refractivity contribution in [3.63, 3.8) is 0 Å². The van der Waals surface area contributed by atoms with Crippen molar-refractivity contribution >= 4 is 11.0 Å². The third-order valence-electron chi connectivity index (χ3n) is 2.89. The van der Waals surface area contributed by atoms with E-state index in [1.165, 1.54) is 11.1 Å². The molecule has 3 heteroatoms. The molecule has 0 atom stereocenters. The molecule has 0 aliphatic carbocycles. The minimum Gasteiger partial charge on any atom is -0.356 e. The van der Waals surface area contributed by atoms with E-state index in [2.05, 4.69) is 22.6 Å². The SMILES string of the molecule is Cc1noc2c3c(ccc12)CCNC3. The van der Waals surface area contributed by atoms with Gasteiger partial charge in [0.1, 0.15) is 0 Å². The standard InChI is InChI=1S/C11H12N2O/c1-7-9-3-2-8-4-5-12-6-10(8)11(9)14-13-7/h2-3,12H,4-6H2,1H3. The molecule has 1 aromatic carbocycles. The fourth-order valence-electron chi connectivity index (χ4n) is 2.09. The van der Waals surface area contributed by atoms with E-state index in [-0.39, 0.29) is 0 Å². The first-order chi connectivity index (χ1) is 6.86. The van der Waals surface area contributed by atoms with Gasteiger partial charge < -0.3 is 9.84 Å². The van der Waals surface area contributed by atoms with Gasteiger partial charge in [0.25, 0.3) is 0 Å².